The molecule has 17 heavy (non-hydrogen) atoms. The van der Waals surface area contributed by atoms with Gasteiger partial charge in [-0.15, -0.1) is 0 Å². The van der Waals surface area contributed by atoms with Crippen LogP contribution in [-0.4, -0.2) is 17.9 Å². The SMILES string of the molecule is CC(O[C@H](CC(N)=O)C(N)=O)c1ccccc1. The first-order valence-corrected chi connectivity index (χ1v) is 5.28. The normalized spacial score (nSPS) is 13.9. The van der Waals surface area contributed by atoms with Crippen molar-refractivity contribution in [2.24, 2.45) is 11.5 Å². The summed E-state index contributed by atoms with van der Waals surface area (Å²) < 4.78 is 5.43. The van der Waals surface area contributed by atoms with E-state index >= 15 is 0 Å². The van der Waals surface area contributed by atoms with Gasteiger partial charge < -0.3 is 16.2 Å². The zero-order valence-corrected chi connectivity index (χ0v) is 9.63. The lowest BCUT2D eigenvalue weighted by molar-refractivity contribution is -0.138. The molecular formula is C12H16N2O3. The molecule has 2 amide bonds. The molecule has 92 valence electrons. The third-order valence-corrected chi connectivity index (χ3v) is 2.34. The molecule has 1 aromatic rings. The van der Waals surface area contributed by atoms with Crippen molar-refractivity contribution < 1.29 is 14.3 Å². The fourth-order valence-electron chi connectivity index (χ4n) is 1.45. The molecule has 0 radical (unpaired) electrons. The maximum atomic E-state index is 11.1. The van der Waals surface area contributed by atoms with Gasteiger partial charge in [0.15, 0.2) is 0 Å². The highest BCUT2D eigenvalue weighted by Gasteiger charge is 2.21. The fourth-order valence-corrected chi connectivity index (χ4v) is 1.45. The second-order valence-corrected chi connectivity index (χ2v) is 3.75. The van der Waals surface area contributed by atoms with Crippen molar-refractivity contribution in [2.45, 2.75) is 25.6 Å². The van der Waals surface area contributed by atoms with Gasteiger partial charge in [-0.3, -0.25) is 9.59 Å². The molecular weight excluding hydrogens is 220 g/mol. The van der Waals surface area contributed by atoms with Gasteiger partial charge in [-0.25, -0.2) is 0 Å². The summed E-state index contributed by atoms with van der Waals surface area (Å²) in [4.78, 5) is 21.9. The third-order valence-electron chi connectivity index (χ3n) is 2.34. The molecule has 0 aliphatic heterocycles. The third kappa shape index (κ3) is 4.24. The Bertz CT molecular complexity index is 392. The Morgan fingerprint density at radius 1 is 1.24 bits per heavy atom. The van der Waals surface area contributed by atoms with Crippen molar-refractivity contribution in [1.82, 2.24) is 0 Å². The minimum atomic E-state index is -0.984. The van der Waals surface area contributed by atoms with Crippen LogP contribution in [-0.2, 0) is 14.3 Å². The van der Waals surface area contributed by atoms with E-state index in [0.717, 1.165) is 5.56 Å². The lowest BCUT2D eigenvalue weighted by Crippen LogP contribution is -2.35. The van der Waals surface area contributed by atoms with Crippen LogP contribution in [0.15, 0.2) is 30.3 Å². The summed E-state index contributed by atoms with van der Waals surface area (Å²) >= 11 is 0. The quantitative estimate of drug-likeness (QED) is 0.752. The topological polar surface area (TPSA) is 95.4 Å². The lowest BCUT2D eigenvalue weighted by Gasteiger charge is -2.19. The number of rotatable bonds is 6. The summed E-state index contributed by atoms with van der Waals surface area (Å²) in [5.41, 5.74) is 11.1. The van der Waals surface area contributed by atoms with E-state index < -0.39 is 17.9 Å². The number of ether oxygens (including phenoxy) is 1. The molecule has 1 aromatic carbocycles. The number of carbonyl (C=O) groups is 2. The van der Waals surface area contributed by atoms with E-state index in [-0.39, 0.29) is 12.5 Å². The zero-order chi connectivity index (χ0) is 12.8. The van der Waals surface area contributed by atoms with Gasteiger partial charge in [0.2, 0.25) is 11.8 Å². The summed E-state index contributed by atoms with van der Waals surface area (Å²) in [6.45, 7) is 1.78. The number of primary amides is 2. The summed E-state index contributed by atoms with van der Waals surface area (Å²) in [5, 5.41) is 0. The average molecular weight is 236 g/mol. The van der Waals surface area contributed by atoms with Crippen LogP contribution in [0.5, 0.6) is 0 Å². The Labute approximate surface area is 99.7 Å². The Hall–Kier alpha value is -1.88. The molecule has 0 saturated heterocycles. The van der Waals surface area contributed by atoms with Gasteiger partial charge in [0.05, 0.1) is 12.5 Å². The molecule has 5 nitrogen and oxygen atoms in total. The highest BCUT2D eigenvalue weighted by molar-refractivity contribution is 5.85. The monoisotopic (exact) mass is 236 g/mol. The van der Waals surface area contributed by atoms with Crippen molar-refractivity contribution in [3.8, 4) is 0 Å². The van der Waals surface area contributed by atoms with Crippen LogP contribution >= 0.6 is 0 Å². The van der Waals surface area contributed by atoms with E-state index in [4.69, 9.17) is 16.2 Å². The Balaban J connectivity index is 2.67. The number of hydrogen-bond donors (Lipinski definition) is 2. The molecule has 5 heteroatoms. The molecule has 4 N–H and O–H groups in total. The summed E-state index contributed by atoms with van der Waals surface area (Å²) in [5.74, 6) is -1.30. The van der Waals surface area contributed by atoms with Gasteiger partial charge in [-0.05, 0) is 12.5 Å². The molecule has 0 aliphatic carbocycles. The fraction of sp³-hybridized carbons (Fsp3) is 0.333. The maximum Gasteiger partial charge on any atom is 0.247 e. The number of benzene rings is 1. The number of amides is 2. The molecule has 0 spiro atoms. The number of hydrogen-bond acceptors (Lipinski definition) is 3. The number of nitrogens with two attached hydrogens (primary N) is 2. The van der Waals surface area contributed by atoms with E-state index in [1.54, 1.807) is 6.92 Å². The summed E-state index contributed by atoms with van der Waals surface area (Å²) in [6.07, 6.45) is -1.51. The standard InChI is InChI=1S/C12H16N2O3/c1-8(9-5-3-2-4-6-9)17-10(12(14)16)7-11(13)15/h2-6,8,10H,7H2,1H3,(H2,13,15)(H2,14,16)/t8?,10-/m1/s1. The maximum absolute atomic E-state index is 11.1. The lowest BCUT2D eigenvalue weighted by atomic mass is 10.1. The smallest absolute Gasteiger partial charge is 0.247 e. The van der Waals surface area contributed by atoms with Crippen LogP contribution in [0.2, 0.25) is 0 Å². The van der Waals surface area contributed by atoms with Crippen LogP contribution in [0.3, 0.4) is 0 Å². The van der Waals surface area contributed by atoms with E-state index in [0.29, 0.717) is 0 Å². The second kappa shape index (κ2) is 6.00. The van der Waals surface area contributed by atoms with E-state index in [9.17, 15) is 9.59 Å². The molecule has 1 unspecified atom stereocenters. The van der Waals surface area contributed by atoms with Gasteiger partial charge in [-0.1, -0.05) is 30.3 Å². The van der Waals surface area contributed by atoms with Crippen LogP contribution in [0.1, 0.15) is 25.0 Å². The van der Waals surface area contributed by atoms with Crippen molar-refractivity contribution >= 4 is 11.8 Å². The average Bonchev–Trinajstić information content (AvgIpc) is 2.28. The highest BCUT2D eigenvalue weighted by Crippen LogP contribution is 2.18. The Kier molecular flexibility index (Phi) is 4.66. The first kappa shape index (κ1) is 13.2. The van der Waals surface area contributed by atoms with Crippen molar-refractivity contribution in [3.05, 3.63) is 35.9 Å². The molecule has 0 heterocycles. The largest absolute Gasteiger partial charge is 0.370 e. The van der Waals surface area contributed by atoms with E-state index in [2.05, 4.69) is 0 Å². The van der Waals surface area contributed by atoms with Crippen molar-refractivity contribution in [2.75, 3.05) is 0 Å². The van der Waals surface area contributed by atoms with Crippen LogP contribution < -0.4 is 11.5 Å². The highest BCUT2D eigenvalue weighted by atomic mass is 16.5. The predicted octanol–water partition coefficient (Wildman–Crippen LogP) is 0.494. The summed E-state index contributed by atoms with van der Waals surface area (Å²) in [7, 11) is 0. The van der Waals surface area contributed by atoms with Crippen LogP contribution in [0, 0.1) is 0 Å². The summed E-state index contributed by atoms with van der Waals surface area (Å²) in [6, 6.07) is 9.34. The Morgan fingerprint density at radius 2 is 1.82 bits per heavy atom. The molecule has 0 fully saturated rings. The van der Waals surface area contributed by atoms with Gasteiger partial charge in [0.25, 0.3) is 0 Å². The minimum absolute atomic E-state index is 0.202. The van der Waals surface area contributed by atoms with E-state index in [1.165, 1.54) is 0 Å². The van der Waals surface area contributed by atoms with Gasteiger partial charge in [-0.2, -0.15) is 0 Å². The molecule has 0 bridgehead atoms. The zero-order valence-electron chi connectivity index (χ0n) is 9.63. The van der Waals surface area contributed by atoms with Gasteiger partial charge >= 0.3 is 0 Å². The molecule has 0 saturated carbocycles. The number of carbonyl (C=O) groups excluding carboxylic acids is 2. The van der Waals surface area contributed by atoms with Gasteiger partial charge in [0.1, 0.15) is 6.10 Å². The molecule has 0 aromatic heterocycles. The first-order valence-electron chi connectivity index (χ1n) is 5.28. The first-order chi connectivity index (χ1) is 8.00. The van der Waals surface area contributed by atoms with Crippen molar-refractivity contribution in [1.29, 1.82) is 0 Å². The van der Waals surface area contributed by atoms with E-state index in [1.807, 2.05) is 30.3 Å². The van der Waals surface area contributed by atoms with Crippen LogP contribution in [0.4, 0.5) is 0 Å². The van der Waals surface area contributed by atoms with Gasteiger partial charge in [0, 0.05) is 0 Å². The molecule has 0 aliphatic rings. The molecule has 2 atom stereocenters. The minimum Gasteiger partial charge on any atom is -0.370 e. The van der Waals surface area contributed by atoms with Crippen LogP contribution in [0.25, 0.3) is 0 Å². The predicted molar refractivity (Wildman–Crippen MR) is 62.7 cm³/mol. The second-order valence-electron chi connectivity index (χ2n) is 3.75. The molecule has 1 rings (SSSR count). The Morgan fingerprint density at radius 3 is 2.29 bits per heavy atom. The van der Waals surface area contributed by atoms with Crippen molar-refractivity contribution in [3.63, 3.8) is 0 Å².